The third kappa shape index (κ3) is 3.43. The normalized spacial score (nSPS) is 31.8. The smallest absolute Gasteiger partial charge is 0.0589 e. The van der Waals surface area contributed by atoms with E-state index < -0.39 is 0 Å². The van der Waals surface area contributed by atoms with Gasteiger partial charge in [-0.05, 0) is 46.1 Å². The zero-order valence-corrected chi connectivity index (χ0v) is 12.0. The first-order valence-corrected chi connectivity index (χ1v) is 7.05. The molecule has 3 atom stereocenters. The molecule has 1 aliphatic carbocycles. The Labute approximate surface area is 107 Å². The van der Waals surface area contributed by atoms with Crippen LogP contribution < -0.4 is 5.73 Å². The van der Waals surface area contributed by atoms with E-state index in [-0.39, 0.29) is 5.54 Å². The van der Waals surface area contributed by atoms with Crippen LogP contribution in [-0.4, -0.2) is 43.3 Å². The molecule has 0 saturated heterocycles. The fraction of sp³-hybridized carbons (Fsp3) is 1.00. The van der Waals surface area contributed by atoms with Gasteiger partial charge in [-0.25, -0.2) is 0 Å². The molecule has 102 valence electrons. The number of rotatable bonds is 6. The topological polar surface area (TPSA) is 38.5 Å². The molecule has 1 fully saturated rings. The lowest BCUT2D eigenvalue weighted by atomic mass is 9.78. The molecule has 0 spiro atoms. The van der Waals surface area contributed by atoms with E-state index in [1.165, 1.54) is 32.1 Å². The van der Waals surface area contributed by atoms with Crippen molar-refractivity contribution < 1.29 is 4.74 Å². The highest BCUT2D eigenvalue weighted by molar-refractivity contribution is 4.97. The summed E-state index contributed by atoms with van der Waals surface area (Å²) in [5.74, 6) is 0. The highest BCUT2D eigenvalue weighted by atomic mass is 16.5. The van der Waals surface area contributed by atoms with Gasteiger partial charge >= 0.3 is 0 Å². The number of hydrogen-bond acceptors (Lipinski definition) is 3. The summed E-state index contributed by atoms with van der Waals surface area (Å²) in [6.07, 6.45) is 7.60. The third-order valence-corrected chi connectivity index (χ3v) is 4.60. The first-order valence-electron chi connectivity index (χ1n) is 7.05. The van der Waals surface area contributed by atoms with Crippen LogP contribution in [0, 0.1) is 0 Å². The fourth-order valence-electron chi connectivity index (χ4n) is 3.22. The van der Waals surface area contributed by atoms with Crippen LogP contribution in [0.2, 0.25) is 0 Å². The van der Waals surface area contributed by atoms with Crippen molar-refractivity contribution in [3.63, 3.8) is 0 Å². The summed E-state index contributed by atoms with van der Waals surface area (Å²) in [5.41, 5.74) is 6.25. The number of methoxy groups -OCH3 is 1. The number of nitrogens with zero attached hydrogens (tertiary/aromatic N) is 1. The maximum Gasteiger partial charge on any atom is 0.0589 e. The van der Waals surface area contributed by atoms with Gasteiger partial charge in [0.25, 0.3) is 0 Å². The van der Waals surface area contributed by atoms with Crippen molar-refractivity contribution in [2.45, 2.75) is 70.1 Å². The van der Waals surface area contributed by atoms with E-state index >= 15 is 0 Å². The first kappa shape index (κ1) is 14.9. The predicted octanol–water partition coefficient (Wildman–Crippen LogP) is 2.39. The summed E-state index contributed by atoms with van der Waals surface area (Å²) < 4.78 is 5.56. The molecule has 1 aliphatic rings. The molecule has 2 N–H and O–H groups in total. The highest BCUT2D eigenvalue weighted by Crippen LogP contribution is 2.35. The Morgan fingerprint density at radius 2 is 2.24 bits per heavy atom. The second-order valence-electron chi connectivity index (χ2n) is 5.63. The summed E-state index contributed by atoms with van der Waals surface area (Å²) >= 11 is 0. The van der Waals surface area contributed by atoms with E-state index in [1.54, 1.807) is 0 Å². The zero-order chi connectivity index (χ0) is 12.9. The van der Waals surface area contributed by atoms with Crippen molar-refractivity contribution >= 4 is 0 Å². The summed E-state index contributed by atoms with van der Waals surface area (Å²) in [4.78, 5) is 2.52. The number of likely N-dealkylation sites (N-methyl/N-ethyl adjacent to an activating group) is 1. The van der Waals surface area contributed by atoms with Gasteiger partial charge in [-0.15, -0.1) is 0 Å². The molecule has 1 rings (SSSR count). The van der Waals surface area contributed by atoms with Crippen molar-refractivity contribution in [3.8, 4) is 0 Å². The Morgan fingerprint density at radius 3 is 2.76 bits per heavy atom. The van der Waals surface area contributed by atoms with E-state index in [2.05, 4.69) is 25.8 Å². The van der Waals surface area contributed by atoms with Gasteiger partial charge in [0.15, 0.2) is 0 Å². The molecule has 17 heavy (non-hydrogen) atoms. The lowest BCUT2D eigenvalue weighted by molar-refractivity contribution is -0.0264. The van der Waals surface area contributed by atoms with Crippen molar-refractivity contribution in [2.24, 2.45) is 5.73 Å². The minimum Gasteiger partial charge on any atom is -0.381 e. The fourth-order valence-corrected chi connectivity index (χ4v) is 3.22. The third-order valence-electron chi connectivity index (χ3n) is 4.60. The molecule has 3 heteroatoms. The van der Waals surface area contributed by atoms with E-state index in [0.29, 0.717) is 12.1 Å². The van der Waals surface area contributed by atoms with Gasteiger partial charge in [-0.3, -0.25) is 4.90 Å². The van der Waals surface area contributed by atoms with Gasteiger partial charge in [-0.2, -0.15) is 0 Å². The number of nitrogens with two attached hydrogens (primary N) is 1. The molecule has 0 radical (unpaired) electrons. The van der Waals surface area contributed by atoms with E-state index in [0.717, 1.165) is 13.0 Å². The van der Waals surface area contributed by atoms with Crippen LogP contribution in [0.25, 0.3) is 0 Å². The molecule has 1 saturated carbocycles. The van der Waals surface area contributed by atoms with Crippen LogP contribution >= 0.6 is 0 Å². The average Bonchev–Trinajstić information content (AvgIpc) is 2.38. The van der Waals surface area contributed by atoms with Crippen LogP contribution in [0.1, 0.15) is 52.4 Å². The van der Waals surface area contributed by atoms with Crippen molar-refractivity contribution in [1.29, 1.82) is 0 Å². The Hall–Kier alpha value is -0.120. The summed E-state index contributed by atoms with van der Waals surface area (Å²) in [5, 5.41) is 0. The van der Waals surface area contributed by atoms with Crippen LogP contribution in [0.4, 0.5) is 0 Å². The maximum atomic E-state index is 6.09. The lowest BCUT2D eigenvalue weighted by Gasteiger charge is -2.48. The molecule has 0 amide bonds. The average molecular weight is 242 g/mol. The van der Waals surface area contributed by atoms with Gasteiger partial charge in [0.1, 0.15) is 0 Å². The van der Waals surface area contributed by atoms with Crippen molar-refractivity contribution in [2.75, 3.05) is 20.7 Å². The second kappa shape index (κ2) is 6.72. The molecule has 3 nitrogen and oxygen atoms in total. The predicted molar refractivity (Wildman–Crippen MR) is 73.2 cm³/mol. The van der Waals surface area contributed by atoms with Crippen molar-refractivity contribution in [1.82, 2.24) is 4.90 Å². The van der Waals surface area contributed by atoms with Crippen LogP contribution in [0.3, 0.4) is 0 Å². The second-order valence-corrected chi connectivity index (χ2v) is 5.63. The number of hydrogen-bond donors (Lipinski definition) is 1. The Balaban J connectivity index is 2.72. The van der Waals surface area contributed by atoms with Crippen molar-refractivity contribution in [3.05, 3.63) is 0 Å². The molecular formula is C14H30N2O. The first-order chi connectivity index (χ1) is 8.09. The molecule has 0 bridgehead atoms. The Bertz CT molecular complexity index is 222. The molecule has 0 aromatic heterocycles. The van der Waals surface area contributed by atoms with Gasteiger partial charge in [0, 0.05) is 25.2 Å². The highest BCUT2D eigenvalue weighted by Gasteiger charge is 2.40. The SMILES string of the molecule is CCCC(C)N(C)C1(CN)CCCC(OC)C1. The summed E-state index contributed by atoms with van der Waals surface area (Å²) in [6.45, 7) is 5.31. The van der Waals surface area contributed by atoms with Gasteiger partial charge in [0.05, 0.1) is 6.10 Å². The molecule has 0 heterocycles. The lowest BCUT2D eigenvalue weighted by Crippen LogP contribution is -2.58. The quantitative estimate of drug-likeness (QED) is 0.777. The van der Waals surface area contributed by atoms with Gasteiger partial charge in [0.2, 0.25) is 0 Å². The van der Waals surface area contributed by atoms with E-state index in [4.69, 9.17) is 10.5 Å². The van der Waals surface area contributed by atoms with Gasteiger partial charge < -0.3 is 10.5 Å². The minimum absolute atomic E-state index is 0.160. The molecule has 0 aromatic rings. The van der Waals surface area contributed by atoms with Crippen LogP contribution in [-0.2, 0) is 4.74 Å². The molecular weight excluding hydrogens is 212 g/mol. The van der Waals surface area contributed by atoms with E-state index in [1.807, 2.05) is 7.11 Å². The largest absolute Gasteiger partial charge is 0.381 e. The van der Waals surface area contributed by atoms with E-state index in [9.17, 15) is 0 Å². The summed E-state index contributed by atoms with van der Waals surface area (Å²) in [7, 11) is 4.07. The minimum atomic E-state index is 0.160. The zero-order valence-electron chi connectivity index (χ0n) is 12.0. The van der Waals surface area contributed by atoms with Crippen LogP contribution in [0.5, 0.6) is 0 Å². The van der Waals surface area contributed by atoms with Gasteiger partial charge in [-0.1, -0.05) is 13.3 Å². The maximum absolute atomic E-state index is 6.09. The standard InChI is InChI=1S/C14H30N2O/c1-5-7-12(2)16(3)14(11-15)9-6-8-13(10-14)17-4/h12-13H,5-11,15H2,1-4H3. The Morgan fingerprint density at radius 1 is 1.53 bits per heavy atom. The molecule has 0 aliphatic heterocycles. The number of ether oxygens (including phenoxy) is 1. The molecule has 0 aromatic carbocycles. The molecule has 3 unspecified atom stereocenters. The van der Waals surface area contributed by atoms with Crippen LogP contribution in [0.15, 0.2) is 0 Å². The summed E-state index contributed by atoms with van der Waals surface area (Å²) in [6, 6.07) is 0.610. The Kier molecular flexibility index (Phi) is 5.90. The monoisotopic (exact) mass is 242 g/mol.